The summed E-state index contributed by atoms with van der Waals surface area (Å²) in [5.41, 5.74) is -1.44. The van der Waals surface area contributed by atoms with Crippen LogP contribution in [0.1, 0.15) is 17.3 Å². The zero-order valence-electron chi connectivity index (χ0n) is 8.95. The molecule has 94 valence electrons. The van der Waals surface area contributed by atoms with Gasteiger partial charge in [-0.05, 0) is 6.92 Å². The summed E-state index contributed by atoms with van der Waals surface area (Å²) >= 11 is 0. The second kappa shape index (κ2) is 4.68. The Kier molecular flexibility index (Phi) is 3.69. The molecule has 0 bridgehead atoms. The summed E-state index contributed by atoms with van der Waals surface area (Å²) < 4.78 is 64.7. The van der Waals surface area contributed by atoms with E-state index in [1.807, 2.05) is 0 Å². The first-order valence-electron chi connectivity index (χ1n) is 4.59. The van der Waals surface area contributed by atoms with Crippen molar-refractivity contribution in [2.75, 3.05) is 13.6 Å². The Morgan fingerprint density at radius 2 is 1.29 bits per heavy atom. The van der Waals surface area contributed by atoms with Crippen LogP contribution in [0.25, 0.3) is 0 Å². The highest BCUT2D eigenvalue weighted by Crippen LogP contribution is 2.23. The van der Waals surface area contributed by atoms with E-state index in [-0.39, 0.29) is 6.54 Å². The van der Waals surface area contributed by atoms with Gasteiger partial charge in [0.25, 0.3) is 5.91 Å². The molecule has 0 aromatic heterocycles. The van der Waals surface area contributed by atoms with Gasteiger partial charge in [-0.2, -0.15) is 0 Å². The van der Waals surface area contributed by atoms with Gasteiger partial charge in [-0.15, -0.1) is 0 Å². The van der Waals surface area contributed by atoms with Gasteiger partial charge >= 0.3 is 0 Å². The summed E-state index contributed by atoms with van der Waals surface area (Å²) in [5, 5.41) is 0. The average molecular weight is 253 g/mol. The van der Waals surface area contributed by atoms with Gasteiger partial charge in [-0.1, -0.05) is 0 Å². The molecule has 0 aliphatic carbocycles. The van der Waals surface area contributed by atoms with Crippen LogP contribution in [0.3, 0.4) is 0 Å². The van der Waals surface area contributed by atoms with Crippen LogP contribution in [0, 0.1) is 29.1 Å². The molecular formula is C10H8F5NO. The molecule has 2 nitrogen and oxygen atoms in total. The van der Waals surface area contributed by atoms with Crippen molar-refractivity contribution in [1.29, 1.82) is 0 Å². The van der Waals surface area contributed by atoms with Gasteiger partial charge in [0.15, 0.2) is 23.3 Å². The van der Waals surface area contributed by atoms with Crippen molar-refractivity contribution in [2.45, 2.75) is 6.92 Å². The van der Waals surface area contributed by atoms with Crippen molar-refractivity contribution in [3.63, 3.8) is 0 Å². The molecule has 1 aromatic carbocycles. The molecule has 0 atom stereocenters. The Morgan fingerprint density at radius 3 is 1.65 bits per heavy atom. The lowest BCUT2D eigenvalue weighted by molar-refractivity contribution is 0.0789. The van der Waals surface area contributed by atoms with Gasteiger partial charge in [-0.3, -0.25) is 4.79 Å². The Balaban J connectivity index is 3.50. The first-order valence-corrected chi connectivity index (χ1v) is 4.59. The van der Waals surface area contributed by atoms with Gasteiger partial charge in [-0.25, -0.2) is 22.0 Å². The number of amides is 1. The van der Waals surface area contributed by atoms with E-state index < -0.39 is 40.6 Å². The molecule has 1 rings (SSSR count). The Morgan fingerprint density at radius 1 is 0.941 bits per heavy atom. The average Bonchev–Trinajstić information content (AvgIpc) is 2.32. The molecule has 1 aromatic rings. The zero-order chi connectivity index (χ0) is 13.3. The third kappa shape index (κ3) is 2.09. The monoisotopic (exact) mass is 253 g/mol. The molecule has 17 heavy (non-hydrogen) atoms. The van der Waals surface area contributed by atoms with Gasteiger partial charge in [0.05, 0.1) is 0 Å². The summed E-state index contributed by atoms with van der Waals surface area (Å²) in [6, 6.07) is 0. The standard InChI is InChI=1S/C10H8F5NO/c1-3-16(2)10(17)4-5(11)7(13)9(15)8(14)6(4)12/h3H2,1-2H3. The molecule has 0 N–H and O–H groups in total. The number of nitrogens with zero attached hydrogens (tertiary/aromatic N) is 1. The SMILES string of the molecule is CCN(C)C(=O)c1c(F)c(F)c(F)c(F)c1F. The van der Waals surface area contributed by atoms with E-state index in [1.54, 1.807) is 0 Å². The predicted molar refractivity (Wildman–Crippen MR) is 48.9 cm³/mol. The van der Waals surface area contributed by atoms with Crippen molar-refractivity contribution in [3.05, 3.63) is 34.6 Å². The third-order valence-electron chi connectivity index (χ3n) is 2.24. The fraction of sp³-hybridized carbons (Fsp3) is 0.300. The first-order chi connectivity index (χ1) is 7.82. The van der Waals surface area contributed by atoms with E-state index in [4.69, 9.17) is 0 Å². The molecule has 7 heteroatoms. The summed E-state index contributed by atoms with van der Waals surface area (Å²) in [5.74, 6) is -12.0. The number of hydrogen-bond acceptors (Lipinski definition) is 1. The van der Waals surface area contributed by atoms with Crippen molar-refractivity contribution in [1.82, 2.24) is 4.90 Å². The number of rotatable bonds is 2. The van der Waals surface area contributed by atoms with Crippen LogP contribution in [-0.2, 0) is 0 Å². The third-order valence-corrected chi connectivity index (χ3v) is 2.24. The highest BCUT2D eigenvalue weighted by atomic mass is 19.2. The highest BCUT2D eigenvalue weighted by Gasteiger charge is 2.30. The topological polar surface area (TPSA) is 20.3 Å². The zero-order valence-corrected chi connectivity index (χ0v) is 8.95. The van der Waals surface area contributed by atoms with Crippen LogP contribution in [-0.4, -0.2) is 24.4 Å². The fourth-order valence-corrected chi connectivity index (χ4v) is 1.13. The molecule has 0 unspecified atom stereocenters. The second-order valence-electron chi connectivity index (χ2n) is 3.26. The fourth-order valence-electron chi connectivity index (χ4n) is 1.13. The van der Waals surface area contributed by atoms with E-state index in [2.05, 4.69) is 0 Å². The molecule has 0 saturated heterocycles. The minimum Gasteiger partial charge on any atom is -0.342 e. The van der Waals surface area contributed by atoms with Crippen molar-refractivity contribution >= 4 is 5.91 Å². The van der Waals surface area contributed by atoms with E-state index in [9.17, 15) is 26.7 Å². The Labute approximate surface area is 93.6 Å². The van der Waals surface area contributed by atoms with Gasteiger partial charge in [0.1, 0.15) is 5.56 Å². The largest absolute Gasteiger partial charge is 0.342 e. The van der Waals surface area contributed by atoms with Gasteiger partial charge in [0.2, 0.25) is 5.82 Å². The molecule has 0 fully saturated rings. The van der Waals surface area contributed by atoms with Crippen molar-refractivity contribution in [2.24, 2.45) is 0 Å². The van der Waals surface area contributed by atoms with Crippen LogP contribution in [0.2, 0.25) is 0 Å². The van der Waals surface area contributed by atoms with E-state index in [1.165, 1.54) is 14.0 Å². The first kappa shape index (κ1) is 13.4. The number of benzene rings is 1. The maximum absolute atomic E-state index is 13.2. The van der Waals surface area contributed by atoms with Crippen LogP contribution in [0.4, 0.5) is 22.0 Å². The molecular weight excluding hydrogens is 245 g/mol. The van der Waals surface area contributed by atoms with E-state index >= 15 is 0 Å². The minimum absolute atomic E-state index is 0.0678. The Bertz CT molecular complexity index is 445. The van der Waals surface area contributed by atoms with E-state index in [0.29, 0.717) is 0 Å². The molecule has 0 saturated carbocycles. The number of hydrogen-bond donors (Lipinski definition) is 0. The molecule has 0 aliphatic rings. The predicted octanol–water partition coefficient (Wildman–Crippen LogP) is 2.47. The highest BCUT2D eigenvalue weighted by molar-refractivity contribution is 5.94. The van der Waals surface area contributed by atoms with Gasteiger partial charge < -0.3 is 4.90 Å². The maximum atomic E-state index is 13.2. The van der Waals surface area contributed by atoms with Crippen LogP contribution >= 0.6 is 0 Å². The number of carbonyl (C=O) groups is 1. The molecule has 0 spiro atoms. The number of halogens is 5. The summed E-state index contributed by atoms with van der Waals surface area (Å²) in [4.78, 5) is 12.3. The smallest absolute Gasteiger partial charge is 0.259 e. The molecule has 1 amide bonds. The lowest BCUT2D eigenvalue weighted by Gasteiger charge is -2.16. The van der Waals surface area contributed by atoms with E-state index in [0.717, 1.165) is 4.90 Å². The maximum Gasteiger partial charge on any atom is 0.259 e. The Hall–Kier alpha value is -1.66. The van der Waals surface area contributed by atoms with Crippen molar-refractivity contribution in [3.8, 4) is 0 Å². The van der Waals surface area contributed by atoms with Crippen LogP contribution in [0.5, 0.6) is 0 Å². The van der Waals surface area contributed by atoms with Gasteiger partial charge in [0, 0.05) is 13.6 Å². The summed E-state index contributed by atoms with van der Waals surface area (Å²) in [6.07, 6.45) is 0. The quantitative estimate of drug-likeness (QED) is 0.450. The normalized spacial score (nSPS) is 10.5. The molecule has 0 heterocycles. The lowest BCUT2D eigenvalue weighted by atomic mass is 10.1. The second-order valence-corrected chi connectivity index (χ2v) is 3.26. The number of carbonyl (C=O) groups excluding carboxylic acids is 1. The van der Waals surface area contributed by atoms with Crippen molar-refractivity contribution < 1.29 is 26.7 Å². The molecule has 0 radical (unpaired) electrons. The van der Waals surface area contributed by atoms with Crippen LogP contribution < -0.4 is 0 Å². The molecule has 0 aliphatic heterocycles. The van der Waals surface area contributed by atoms with Crippen LogP contribution in [0.15, 0.2) is 0 Å². The summed E-state index contributed by atoms with van der Waals surface area (Å²) in [6.45, 7) is 1.56. The lowest BCUT2D eigenvalue weighted by Crippen LogP contribution is -2.29. The minimum atomic E-state index is -2.28. The summed E-state index contributed by atoms with van der Waals surface area (Å²) in [7, 11) is 1.18.